The molecule has 0 spiro atoms. The number of rotatable bonds is 11. The quantitative estimate of drug-likeness (QED) is 0.237. The first-order valence-electron chi connectivity index (χ1n) is 11.8. The molecule has 0 saturated heterocycles. The number of hydrogen-bond acceptors (Lipinski definition) is 6. The van der Waals surface area contributed by atoms with Gasteiger partial charge in [0.15, 0.2) is 0 Å². The van der Waals surface area contributed by atoms with E-state index in [1.54, 1.807) is 36.4 Å². The molecule has 0 saturated carbocycles. The van der Waals surface area contributed by atoms with Crippen molar-refractivity contribution in [3.8, 4) is 16.9 Å². The number of aliphatic hydroxyl groups is 1. The minimum Gasteiger partial charge on any atom is -0.493 e. The maximum absolute atomic E-state index is 12.9. The van der Waals surface area contributed by atoms with E-state index >= 15 is 0 Å². The highest BCUT2D eigenvalue weighted by molar-refractivity contribution is 6.05. The number of aromatic nitrogens is 1. The second-order valence-electron chi connectivity index (χ2n) is 8.22. The molecule has 0 bridgehead atoms. The van der Waals surface area contributed by atoms with E-state index in [4.69, 9.17) is 9.84 Å². The zero-order valence-corrected chi connectivity index (χ0v) is 20.1. The van der Waals surface area contributed by atoms with Gasteiger partial charge >= 0.3 is 5.97 Å². The van der Waals surface area contributed by atoms with E-state index in [1.807, 2.05) is 30.3 Å². The molecule has 8 nitrogen and oxygen atoms in total. The molecule has 3 aromatic carbocycles. The van der Waals surface area contributed by atoms with Crippen molar-refractivity contribution in [1.29, 1.82) is 0 Å². The van der Waals surface area contributed by atoms with Crippen LogP contribution in [0.2, 0.25) is 0 Å². The van der Waals surface area contributed by atoms with Gasteiger partial charge in [0.05, 0.1) is 13.2 Å². The zero-order valence-electron chi connectivity index (χ0n) is 20.1. The molecule has 0 fully saturated rings. The van der Waals surface area contributed by atoms with Gasteiger partial charge in [-0.15, -0.1) is 0 Å². The molecule has 0 aliphatic heterocycles. The van der Waals surface area contributed by atoms with Gasteiger partial charge in [-0.1, -0.05) is 42.5 Å². The number of carbonyl (C=O) groups excluding carboxylic acids is 1. The van der Waals surface area contributed by atoms with Gasteiger partial charge in [0.2, 0.25) is 0 Å². The molecular formula is C29H27N3O5. The lowest BCUT2D eigenvalue weighted by molar-refractivity contribution is 0.0697. The first-order valence-corrected chi connectivity index (χ1v) is 11.8. The Morgan fingerprint density at radius 1 is 0.892 bits per heavy atom. The van der Waals surface area contributed by atoms with E-state index in [1.165, 1.54) is 17.8 Å². The summed E-state index contributed by atoms with van der Waals surface area (Å²) in [6, 6.07) is 25.6. The average Bonchev–Trinajstić information content (AvgIpc) is 2.93. The van der Waals surface area contributed by atoms with Crippen LogP contribution in [0.4, 0.5) is 11.5 Å². The van der Waals surface area contributed by atoms with Crippen molar-refractivity contribution < 1.29 is 24.5 Å². The summed E-state index contributed by atoms with van der Waals surface area (Å²) in [6.45, 7) is 0.589. The highest BCUT2D eigenvalue weighted by atomic mass is 16.5. The standard InChI is InChI=1S/C29H27N3O5/c33-15-14-30-27-26(29(35)36)18-23(19-31-27)21-7-4-8-22(17-21)28(34)32-24-9-11-25(12-10-24)37-16-13-20-5-2-1-3-6-20/h1-12,17-19,33H,13-16H2,(H,30,31)(H,32,34)(H,35,36). The molecule has 188 valence electrons. The number of carboxylic acid groups (broad SMARTS) is 1. The Morgan fingerprint density at radius 2 is 1.68 bits per heavy atom. The molecule has 4 aromatic rings. The molecule has 4 rings (SSSR count). The van der Waals surface area contributed by atoms with Gasteiger partial charge in [-0.3, -0.25) is 4.79 Å². The van der Waals surface area contributed by atoms with Crippen LogP contribution in [0.3, 0.4) is 0 Å². The first-order chi connectivity index (χ1) is 18.0. The van der Waals surface area contributed by atoms with Crippen LogP contribution >= 0.6 is 0 Å². The highest BCUT2D eigenvalue weighted by Gasteiger charge is 2.14. The Labute approximate surface area is 214 Å². The molecule has 1 amide bonds. The Hall–Kier alpha value is -4.69. The van der Waals surface area contributed by atoms with Crippen LogP contribution in [-0.2, 0) is 6.42 Å². The summed E-state index contributed by atoms with van der Waals surface area (Å²) in [5.74, 6) is -0.551. The number of carboxylic acids is 1. The topological polar surface area (TPSA) is 121 Å². The minimum absolute atomic E-state index is 0.0214. The maximum atomic E-state index is 12.9. The summed E-state index contributed by atoms with van der Waals surface area (Å²) in [5, 5.41) is 24.2. The Kier molecular flexibility index (Phi) is 8.46. The third-order valence-electron chi connectivity index (χ3n) is 5.59. The number of hydrogen-bond donors (Lipinski definition) is 4. The third kappa shape index (κ3) is 6.93. The molecule has 0 unspecified atom stereocenters. The van der Waals surface area contributed by atoms with E-state index in [9.17, 15) is 14.7 Å². The second-order valence-corrected chi connectivity index (χ2v) is 8.22. The van der Waals surface area contributed by atoms with E-state index in [2.05, 4.69) is 27.8 Å². The van der Waals surface area contributed by atoms with Crippen LogP contribution in [0.5, 0.6) is 5.75 Å². The van der Waals surface area contributed by atoms with Crippen molar-refractivity contribution >= 4 is 23.4 Å². The Morgan fingerprint density at radius 3 is 2.41 bits per heavy atom. The summed E-state index contributed by atoms with van der Waals surface area (Å²) in [7, 11) is 0. The minimum atomic E-state index is -1.14. The largest absolute Gasteiger partial charge is 0.493 e. The molecule has 0 aliphatic carbocycles. The van der Waals surface area contributed by atoms with Crippen molar-refractivity contribution in [2.45, 2.75) is 6.42 Å². The molecule has 1 aromatic heterocycles. The summed E-state index contributed by atoms with van der Waals surface area (Å²) in [5.41, 5.74) is 3.43. The number of aromatic carboxylic acids is 1. The number of ether oxygens (including phenoxy) is 1. The van der Waals surface area contributed by atoms with Crippen LogP contribution in [0, 0.1) is 0 Å². The first kappa shape index (κ1) is 25.4. The van der Waals surface area contributed by atoms with Gasteiger partial charge in [-0.2, -0.15) is 0 Å². The van der Waals surface area contributed by atoms with E-state index in [0.29, 0.717) is 29.0 Å². The number of carbonyl (C=O) groups is 2. The van der Waals surface area contributed by atoms with Gasteiger partial charge in [0.25, 0.3) is 5.91 Å². The molecule has 0 atom stereocenters. The van der Waals surface area contributed by atoms with E-state index in [0.717, 1.165) is 12.2 Å². The van der Waals surface area contributed by atoms with Crippen molar-refractivity contribution in [3.05, 3.63) is 108 Å². The van der Waals surface area contributed by atoms with Gasteiger partial charge in [-0.05, 0) is 53.6 Å². The number of amides is 1. The highest BCUT2D eigenvalue weighted by Crippen LogP contribution is 2.25. The maximum Gasteiger partial charge on any atom is 0.339 e. The van der Waals surface area contributed by atoms with Gasteiger partial charge in [0, 0.05) is 36.0 Å². The van der Waals surface area contributed by atoms with Crippen LogP contribution in [0.1, 0.15) is 26.3 Å². The van der Waals surface area contributed by atoms with Crippen LogP contribution in [0.25, 0.3) is 11.1 Å². The SMILES string of the molecule is O=C(Nc1ccc(OCCc2ccccc2)cc1)c1cccc(-c2cnc(NCCO)c(C(=O)O)c2)c1. The summed E-state index contributed by atoms with van der Waals surface area (Å²) >= 11 is 0. The lowest BCUT2D eigenvalue weighted by Gasteiger charge is -2.11. The lowest BCUT2D eigenvalue weighted by atomic mass is 10.0. The fourth-order valence-electron chi connectivity index (χ4n) is 3.71. The lowest BCUT2D eigenvalue weighted by Crippen LogP contribution is -2.12. The van der Waals surface area contributed by atoms with E-state index < -0.39 is 5.97 Å². The number of nitrogens with one attached hydrogen (secondary N) is 2. The van der Waals surface area contributed by atoms with Crippen molar-refractivity contribution in [1.82, 2.24) is 4.98 Å². The molecule has 1 heterocycles. The molecule has 37 heavy (non-hydrogen) atoms. The third-order valence-corrected chi connectivity index (χ3v) is 5.59. The van der Waals surface area contributed by atoms with Crippen molar-refractivity contribution in [2.75, 3.05) is 30.4 Å². The average molecular weight is 498 g/mol. The number of anilines is 2. The normalized spacial score (nSPS) is 10.5. The number of aliphatic hydroxyl groups excluding tert-OH is 1. The van der Waals surface area contributed by atoms with Crippen LogP contribution in [-0.4, -0.2) is 46.8 Å². The molecule has 8 heteroatoms. The van der Waals surface area contributed by atoms with Crippen molar-refractivity contribution in [3.63, 3.8) is 0 Å². The second kappa shape index (κ2) is 12.3. The number of benzene rings is 3. The summed E-state index contributed by atoms with van der Waals surface area (Å²) < 4.78 is 5.80. The number of nitrogens with zero attached hydrogens (tertiary/aromatic N) is 1. The van der Waals surface area contributed by atoms with Crippen LogP contribution in [0.15, 0.2) is 91.1 Å². The Bertz CT molecular complexity index is 1360. The molecule has 0 radical (unpaired) electrons. The van der Waals surface area contributed by atoms with Crippen LogP contribution < -0.4 is 15.4 Å². The number of pyridine rings is 1. The smallest absolute Gasteiger partial charge is 0.339 e. The van der Waals surface area contributed by atoms with Crippen molar-refractivity contribution in [2.24, 2.45) is 0 Å². The summed E-state index contributed by atoms with van der Waals surface area (Å²) in [4.78, 5) is 28.7. The van der Waals surface area contributed by atoms with Gasteiger partial charge < -0.3 is 25.6 Å². The summed E-state index contributed by atoms with van der Waals surface area (Å²) in [6.07, 6.45) is 2.33. The predicted molar refractivity (Wildman–Crippen MR) is 142 cm³/mol. The van der Waals surface area contributed by atoms with Gasteiger partial charge in [0.1, 0.15) is 17.1 Å². The Balaban J connectivity index is 1.40. The predicted octanol–water partition coefficient (Wildman–Crippen LogP) is 4.72. The zero-order chi connectivity index (χ0) is 26.0. The molecular weight excluding hydrogens is 470 g/mol. The fourth-order valence-corrected chi connectivity index (χ4v) is 3.71. The monoisotopic (exact) mass is 497 g/mol. The van der Waals surface area contributed by atoms with E-state index in [-0.39, 0.29) is 30.4 Å². The molecule has 0 aliphatic rings. The van der Waals surface area contributed by atoms with Gasteiger partial charge in [-0.25, -0.2) is 9.78 Å². The molecule has 4 N–H and O–H groups in total. The fraction of sp³-hybridized carbons (Fsp3) is 0.138.